The van der Waals surface area contributed by atoms with E-state index in [0.29, 0.717) is 23.3 Å². The molecule has 1 heterocycles. The van der Waals surface area contributed by atoms with Crippen LogP contribution in [0.2, 0.25) is 0 Å². The standard InChI is InChI=1S/C16H28N2O/c19-15(10-13-4-2-1-3-5-13)18-14-11-16(12-14)6-8-17-9-7-16/h13-14,17H,1-12H2,(H,18,19). The number of amides is 1. The Morgan fingerprint density at radius 3 is 2.47 bits per heavy atom. The zero-order valence-corrected chi connectivity index (χ0v) is 12.0. The first kappa shape index (κ1) is 13.4. The SMILES string of the molecule is O=C(CC1CCCCC1)NC1CC2(CCNCC2)C1. The summed E-state index contributed by atoms with van der Waals surface area (Å²) in [5.41, 5.74) is 0.577. The summed E-state index contributed by atoms with van der Waals surface area (Å²) in [4.78, 5) is 12.1. The van der Waals surface area contributed by atoms with Gasteiger partial charge in [0.15, 0.2) is 0 Å². The number of carbonyl (C=O) groups is 1. The number of carbonyl (C=O) groups excluding carboxylic acids is 1. The summed E-state index contributed by atoms with van der Waals surface area (Å²) in [6.07, 6.45) is 12.4. The van der Waals surface area contributed by atoms with E-state index in [4.69, 9.17) is 0 Å². The van der Waals surface area contributed by atoms with Crippen molar-refractivity contribution in [3.05, 3.63) is 0 Å². The first-order valence-electron chi connectivity index (χ1n) is 8.26. The summed E-state index contributed by atoms with van der Waals surface area (Å²) in [5, 5.41) is 6.71. The Labute approximate surface area is 116 Å². The number of nitrogens with one attached hydrogen (secondary N) is 2. The van der Waals surface area contributed by atoms with E-state index in [1.807, 2.05) is 0 Å². The predicted molar refractivity (Wildman–Crippen MR) is 76.9 cm³/mol. The fourth-order valence-corrected chi connectivity index (χ4v) is 4.39. The Balaban J connectivity index is 1.37. The van der Waals surface area contributed by atoms with Crippen LogP contribution in [0.4, 0.5) is 0 Å². The molecular formula is C16H28N2O. The van der Waals surface area contributed by atoms with E-state index in [0.717, 1.165) is 6.42 Å². The second kappa shape index (κ2) is 5.82. The third-order valence-electron chi connectivity index (χ3n) is 5.59. The number of piperidine rings is 1. The van der Waals surface area contributed by atoms with Crippen LogP contribution in [0, 0.1) is 11.3 Å². The zero-order valence-electron chi connectivity index (χ0n) is 12.0. The molecule has 1 aliphatic heterocycles. The van der Waals surface area contributed by atoms with Crippen molar-refractivity contribution in [1.29, 1.82) is 0 Å². The highest BCUT2D eigenvalue weighted by Gasteiger charge is 2.44. The van der Waals surface area contributed by atoms with Gasteiger partial charge in [0, 0.05) is 12.5 Å². The molecule has 1 amide bonds. The Morgan fingerprint density at radius 1 is 1.11 bits per heavy atom. The molecule has 2 aliphatic carbocycles. The number of hydrogen-bond donors (Lipinski definition) is 2. The second-order valence-corrected chi connectivity index (χ2v) is 7.13. The average Bonchev–Trinajstić information content (AvgIpc) is 2.39. The molecule has 0 bridgehead atoms. The highest BCUT2D eigenvalue weighted by Crippen LogP contribution is 2.47. The van der Waals surface area contributed by atoms with Crippen molar-refractivity contribution in [1.82, 2.24) is 10.6 Å². The quantitative estimate of drug-likeness (QED) is 0.822. The molecule has 0 unspecified atom stereocenters. The van der Waals surface area contributed by atoms with Crippen molar-refractivity contribution in [3.8, 4) is 0 Å². The maximum Gasteiger partial charge on any atom is 0.220 e. The monoisotopic (exact) mass is 264 g/mol. The highest BCUT2D eigenvalue weighted by atomic mass is 16.1. The van der Waals surface area contributed by atoms with Crippen LogP contribution in [-0.2, 0) is 4.79 Å². The van der Waals surface area contributed by atoms with E-state index in [1.165, 1.54) is 70.9 Å². The number of rotatable bonds is 3. The molecule has 3 rings (SSSR count). The molecule has 0 aromatic heterocycles. The Morgan fingerprint density at radius 2 is 1.79 bits per heavy atom. The van der Waals surface area contributed by atoms with Crippen LogP contribution in [0.25, 0.3) is 0 Å². The summed E-state index contributed by atoms with van der Waals surface area (Å²) in [6.45, 7) is 2.34. The summed E-state index contributed by atoms with van der Waals surface area (Å²) >= 11 is 0. The Hall–Kier alpha value is -0.570. The van der Waals surface area contributed by atoms with Gasteiger partial charge >= 0.3 is 0 Å². The van der Waals surface area contributed by atoms with Crippen LogP contribution in [-0.4, -0.2) is 25.0 Å². The normalized spacial score (nSPS) is 28.0. The second-order valence-electron chi connectivity index (χ2n) is 7.13. The zero-order chi connectivity index (χ0) is 13.1. The van der Waals surface area contributed by atoms with Gasteiger partial charge in [0.2, 0.25) is 5.91 Å². The van der Waals surface area contributed by atoms with Gasteiger partial charge in [0.1, 0.15) is 0 Å². The molecule has 0 radical (unpaired) electrons. The van der Waals surface area contributed by atoms with Crippen LogP contribution in [0.15, 0.2) is 0 Å². The molecule has 1 spiro atoms. The van der Waals surface area contributed by atoms with Crippen LogP contribution < -0.4 is 10.6 Å². The highest BCUT2D eigenvalue weighted by molar-refractivity contribution is 5.76. The molecule has 0 aromatic rings. The van der Waals surface area contributed by atoms with Crippen LogP contribution >= 0.6 is 0 Å². The van der Waals surface area contributed by atoms with Crippen molar-refractivity contribution in [2.24, 2.45) is 11.3 Å². The van der Waals surface area contributed by atoms with Gasteiger partial charge in [0.25, 0.3) is 0 Å². The molecule has 3 nitrogen and oxygen atoms in total. The summed E-state index contributed by atoms with van der Waals surface area (Å²) in [5.74, 6) is 0.988. The average molecular weight is 264 g/mol. The molecule has 19 heavy (non-hydrogen) atoms. The van der Waals surface area contributed by atoms with Gasteiger partial charge in [-0.25, -0.2) is 0 Å². The molecule has 2 N–H and O–H groups in total. The lowest BCUT2D eigenvalue weighted by Crippen LogP contribution is -2.54. The fraction of sp³-hybridized carbons (Fsp3) is 0.938. The fourth-order valence-electron chi connectivity index (χ4n) is 4.39. The first-order valence-corrected chi connectivity index (χ1v) is 8.26. The van der Waals surface area contributed by atoms with Gasteiger partial charge in [-0.3, -0.25) is 4.79 Å². The first-order chi connectivity index (χ1) is 9.26. The molecule has 3 fully saturated rings. The summed E-state index contributed by atoms with van der Waals surface area (Å²) < 4.78 is 0. The van der Waals surface area contributed by atoms with Gasteiger partial charge in [-0.15, -0.1) is 0 Å². The number of hydrogen-bond acceptors (Lipinski definition) is 2. The van der Waals surface area contributed by atoms with Crippen LogP contribution in [0.1, 0.15) is 64.2 Å². The minimum Gasteiger partial charge on any atom is -0.353 e. The van der Waals surface area contributed by atoms with Crippen molar-refractivity contribution < 1.29 is 4.79 Å². The molecule has 3 aliphatic rings. The smallest absolute Gasteiger partial charge is 0.220 e. The van der Waals surface area contributed by atoms with Crippen molar-refractivity contribution in [2.75, 3.05) is 13.1 Å². The minimum absolute atomic E-state index is 0.320. The Kier molecular flexibility index (Phi) is 4.11. The van der Waals surface area contributed by atoms with Gasteiger partial charge in [-0.1, -0.05) is 19.3 Å². The maximum absolute atomic E-state index is 12.1. The molecular weight excluding hydrogens is 236 g/mol. The van der Waals surface area contributed by atoms with Crippen molar-refractivity contribution in [3.63, 3.8) is 0 Å². The summed E-state index contributed by atoms with van der Waals surface area (Å²) in [6, 6.07) is 0.481. The largest absolute Gasteiger partial charge is 0.353 e. The van der Waals surface area contributed by atoms with Gasteiger partial charge < -0.3 is 10.6 Å². The maximum atomic E-state index is 12.1. The van der Waals surface area contributed by atoms with Crippen LogP contribution in [0.5, 0.6) is 0 Å². The lowest BCUT2D eigenvalue weighted by Gasteiger charge is -2.50. The van der Waals surface area contributed by atoms with Gasteiger partial charge in [-0.2, -0.15) is 0 Å². The minimum atomic E-state index is 0.320. The van der Waals surface area contributed by atoms with Crippen molar-refractivity contribution in [2.45, 2.75) is 70.3 Å². The third kappa shape index (κ3) is 3.31. The van der Waals surface area contributed by atoms with E-state index in [2.05, 4.69) is 10.6 Å². The van der Waals surface area contributed by atoms with E-state index in [9.17, 15) is 4.79 Å². The molecule has 1 saturated heterocycles. The topological polar surface area (TPSA) is 41.1 Å². The third-order valence-corrected chi connectivity index (χ3v) is 5.59. The molecule has 0 aromatic carbocycles. The molecule has 3 heteroatoms. The molecule has 108 valence electrons. The summed E-state index contributed by atoms with van der Waals surface area (Å²) in [7, 11) is 0. The van der Waals surface area contributed by atoms with Crippen molar-refractivity contribution >= 4 is 5.91 Å². The Bertz CT molecular complexity index is 309. The van der Waals surface area contributed by atoms with E-state index in [-0.39, 0.29) is 0 Å². The van der Waals surface area contributed by atoms with Crippen LogP contribution in [0.3, 0.4) is 0 Å². The van der Waals surface area contributed by atoms with Gasteiger partial charge in [-0.05, 0) is 62.9 Å². The van der Waals surface area contributed by atoms with E-state index in [1.54, 1.807) is 0 Å². The van der Waals surface area contributed by atoms with E-state index < -0.39 is 0 Å². The molecule has 2 saturated carbocycles. The predicted octanol–water partition coefficient (Wildman–Crippen LogP) is 2.61. The van der Waals surface area contributed by atoms with Gasteiger partial charge in [0.05, 0.1) is 0 Å². The lowest BCUT2D eigenvalue weighted by atomic mass is 9.60. The lowest BCUT2D eigenvalue weighted by molar-refractivity contribution is -0.124. The molecule has 0 atom stereocenters. The van der Waals surface area contributed by atoms with E-state index >= 15 is 0 Å².